The molecular formula is C31H35F2N9O2. The van der Waals surface area contributed by atoms with Crippen molar-refractivity contribution in [1.82, 2.24) is 29.4 Å². The number of fused-ring (bicyclic) bond motifs is 1. The van der Waals surface area contributed by atoms with Crippen molar-refractivity contribution in [3.05, 3.63) is 66.1 Å². The monoisotopic (exact) mass is 603 g/mol. The second-order valence-electron chi connectivity index (χ2n) is 11.7. The molecule has 2 saturated heterocycles. The van der Waals surface area contributed by atoms with Gasteiger partial charge in [0.25, 0.3) is 0 Å². The number of anilines is 3. The molecule has 0 aliphatic carbocycles. The zero-order valence-corrected chi connectivity index (χ0v) is 24.9. The SMILES string of the molecule is CC(=O)N(C)[C@@H]1[C@H](N)CN(c2ccncc2Nc2ncc3ccc(-c4c(F)cc(CN5CCCC5=O)cc4F)nn23)C[C@@H]1C. The van der Waals surface area contributed by atoms with E-state index in [0.717, 1.165) is 12.1 Å². The molecule has 3 atom stereocenters. The van der Waals surface area contributed by atoms with Crippen LogP contribution in [0.1, 0.15) is 32.3 Å². The Balaban J connectivity index is 1.27. The summed E-state index contributed by atoms with van der Waals surface area (Å²) < 4.78 is 32.1. The number of rotatable bonds is 7. The minimum absolute atomic E-state index is 0.0126. The Morgan fingerprint density at radius 3 is 2.61 bits per heavy atom. The molecule has 11 nitrogen and oxygen atoms in total. The number of carbonyl (C=O) groups is 2. The summed E-state index contributed by atoms with van der Waals surface area (Å²) in [6.07, 6.45) is 6.18. The van der Waals surface area contributed by atoms with Crippen LogP contribution in [-0.2, 0) is 16.1 Å². The predicted octanol–water partition coefficient (Wildman–Crippen LogP) is 3.57. The highest BCUT2D eigenvalue weighted by molar-refractivity contribution is 5.78. The number of benzene rings is 1. The number of imidazole rings is 1. The predicted molar refractivity (Wildman–Crippen MR) is 162 cm³/mol. The number of pyridine rings is 1. The zero-order valence-electron chi connectivity index (χ0n) is 24.9. The lowest BCUT2D eigenvalue weighted by Gasteiger charge is -2.46. The minimum atomic E-state index is -0.757. The van der Waals surface area contributed by atoms with Crippen LogP contribution in [0, 0.1) is 17.6 Å². The quantitative estimate of drug-likeness (QED) is 0.329. The molecule has 0 saturated carbocycles. The Morgan fingerprint density at radius 2 is 1.93 bits per heavy atom. The molecule has 0 bridgehead atoms. The highest BCUT2D eigenvalue weighted by atomic mass is 19.1. The molecule has 13 heteroatoms. The number of halogens is 2. The Kier molecular flexibility index (Phi) is 7.89. The van der Waals surface area contributed by atoms with Crippen molar-refractivity contribution in [2.45, 2.75) is 45.3 Å². The second kappa shape index (κ2) is 11.8. The summed E-state index contributed by atoms with van der Waals surface area (Å²) in [5.74, 6) is -1.11. The van der Waals surface area contributed by atoms with Crippen LogP contribution in [0.15, 0.2) is 48.9 Å². The first-order valence-electron chi connectivity index (χ1n) is 14.7. The van der Waals surface area contributed by atoms with E-state index in [1.54, 1.807) is 54.5 Å². The Labute approximate surface area is 253 Å². The summed E-state index contributed by atoms with van der Waals surface area (Å²) in [4.78, 5) is 38.3. The molecule has 4 aromatic rings. The average molecular weight is 604 g/mol. The molecule has 0 spiro atoms. The first kappa shape index (κ1) is 29.4. The van der Waals surface area contributed by atoms with Gasteiger partial charge in [0.1, 0.15) is 11.6 Å². The molecule has 6 rings (SSSR count). The van der Waals surface area contributed by atoms with Crippen LogP contribution in [0.2, 0.25) is 0 Å². The summed E-state index contributed by atoms with van der Waals surface area (Å²) in [5, 5.41) is 7.83. The first-order chi connectivity index (χ1) is 21.1. The van der Waals surface area contributed by atoms with E-state index in [0.29, 0.717) is 48.8 Å². The number of hydrogen-bond donors (Lipinski definition) is 2. The van der Waals surface area contributed by atoms with Crippen LogP contribution in [0.3, 0.4) is 0 Å². The highest BCUT2D eigenvalue weighted by Crippen LogP contribution is 2.33. The van der Waals surface area contributed by atoms with Gasteiger partial charge in [-0.05, 0) is 48.2 Å². The third kappa shape index (κ3) is 5.54. The normalized spacial score (nSPS) is 20.4. The lowest BCUT2D eigenvalue weighted by molar-refractivity contribution is -0.131. The number of carbonyl (C=O) groups excluding carboxylic acids is 2. The molecule has 0 radical (unpaired) electrons. The molecule has 3 aromatic heterocycles. The molecule has 0 unspecified atom stereocenters. The third-order valence-electron chi connectivity index (χ3n) is 8.58. The molecule has 2 aliphatic rings. The molecular weight excluding hydrogens is 568 g/mol. The van der Waals surface area contributed by atoms with Gasteiger partial charge in [-0.2, -0.15) is 9.61 Å². The van der Waals surface area contributed by atoms with Crippen molar-refractivity contribution in [3.8, 4) is 11.3 Å². The number of hydrogen-bond acceptors (Lipinski definition) is 8. The van der Waals surface area contributed by atoms with Gasteiger partial charge in [0.2, 0.25) is 17.8 Å². The van der Waals surface area contributed by atoms with Crippen molar-refractivity contribution in [2.75, 3.05) is 36.9 Å². The van der Waals surface area contributed by atoms with Crippen LogP contribution in [0.4, 0.5) is 26.1 Å². The van der Waals surface area contributed by atoms with Gasteiger partial charge < -0.3 is 25.8 Å². The van der Waals surface area contributed by atoms with Crippen molar-refractivity contribution < 1.29 is 18.4 Å². The largest absolute Gasteiger partial charge is 0.368 e. The van der Waals surface area contributed by atoms with E-state index in [2.05, 4.69) is 32.2 Å². The lowest BCUT2D eigenvalue weighted by atomic mass is 9.88. The van der Waals surface area contributed by atoms with Crippen molar-refractivity contribution in [2.24, 2.45) is 11.7 Å². The van der Waals surface area contributed by atoms with Crippen molar-refractivity contribution in [1.29, 1.82) is 0 Å². The zero-order chi connectivity index (χ0) is 31.1. The number of nitrogens with zero attached hydrogens (tertiary/aromatic N) is 7. The van der Waals surface area contributed by atoms with Gasteiger partial charge in [-0.15, -0.1) is 0 Å². The molecule has 44 heavy (non-hydrogen) atoms. The summed E-state index contributed by atoms with van der Waals surface area (Å²) in [6, 6.07) is 7.29. The molecule has 1 aromatic carbocycles. The smallest absolute Gasteiger partial charge is 0.229 e. The Hall–Kier alpha value is -4.65. The van der Waals surface area contributed by atoms with Crippen LogP contribution < -0.4 is 16.0 Å². The number of piperidine rings is 1. The van der Waals surface area contributed by atoms with E-state index in [1.807, 2.05) is 6.07 Å². The van der Waals surface area contributed by atoms with Crippen LogP contribution >= 0.6 is 0 Å². The minimum Gasteiger partial charge on any atom is -0.368 e. The molecule has 2 amide bonds. The molecule has 2 fully saturated rings. The molecule has 2 aliphatic heterocycles. The van der Waals surface area contributed by atoms with E-state index in [9.17, 15) is 9.59 Å². The second-order valence-corrected chi connectivity index (χ2v) is 11.7. The van der Waals surface area contributed by atoms with E-state index in [4.69, 9.17) is 5.73 Å². The standard InChI is InChI=1S/C31H35F2N9O2/c1-18-15-41(17-24(34)30(18)39(3)19(2)43)27-8-9-35-14-26(27)37-31-36-13-21-6-7-25(38-42(21)31)29-22(32)11-20(12-23(29)33)16-40-10-4-5-28(40)44/h6-9,11-14,18,24,30H,4-5,10,15-17,34H2,1-3H3,(H,36,37)/t18-,24+,30-/m0/s1. The van der Waals surface area contributed by atoms with E-state index in [-0.39, 0.29) is 47.6 Å². The molecule has 3 N–H and O–H groups in total. The number of likely N-dealkylation sites (tertiary alicyclic amines) is 1. The summed E-state index contributed by atoms with van der Waals surface area (Å²) in [7, 11) is 1.78. The van der Waals surface area contributed by atoms with Crippen LogP contribution in [0.25, 0.3) is 16.8 Å². The van der Waals surface area contributed by atoms with Crippen LogP contribution in [0.5, 0.6) is 0 Å². The number of aromatic nitrogens is 4. The number of amides is 2. The molecule has 5 heterocycles. The van der Waals surface area contributed by atoms with Crippen molar-refractivity contribution in [3.63, 3.8) is 0 Å². The highest BCUT2D eigenvalue weighted by Gasteiger charge is 2.36. The molecule has 230 valence electrons. The number of nitrogens with two attached hydrogens (primary N) is 1. The van der Waals surface area contributed by atoms with Gasteiger partial charge >= 0.3 is 0 Å². The van der Waals surface area contributed by atoms with E-state index >= 15 is 8.78 Å². The average Bonchev–Trinajstić information content (AvgIpc) is 3.57. The lowest BCUT2D eigenvalue weighted by Crippen LogP contribution is -2.62. The maximum Gasteiger partial charge on any atom is 0.229 e. The van der Waals surface area contributed by atoms with Crippen LogP contribution in [-0.4, -0.2) is 80.0 Å². The topological polar surface area (TPSA) is 125 Å². The fraction of sp³-hybridized carbons (Fsp3) is 0.387. The fourth-order valence-corrected chi connectivity index (χ4v) is 6.42. The van der Waals surface area contributed by atoms with Gasteiger partial charge in [-0.3, -0.25) is 14.6 Å². The number of likely N-dealkylation sites (N-methyl/N-ethyl adjacent to an activating group) is 1. The Morgan fingerprint density at radius 1 is 1.16 bits per heavy atom. The Bertz CT molecular complexity index is 1690. The third-order valence-corrected chi connectivity index (χ3v) is 8.58. The van der Waals surface area contributed by atoms with Gasteiger partial charge in [0, 0.05) is 58.8 Å². The maximum atomic E-state index is 15.3. The number of nitrogens with one attached hydrogen (secondary N) is 1. The summed E-state index contributed by atoms with van der Waals surface area (Å²) in [6.45, 7) is 5.56. The van der Waals surface area contributed by atoms with E-state index in [1.165, 1.54) is 16.6 Å². The fourth-order valence-electron chi connectivity index (χ4n) is 6.42. The van der Waals surface area contributed by atoms with Gasteiger partial charge in [-0.25, -0.2) is 13.8 Å². The summed E-state index contributed by atoms with van der Waals surface area (Å²) in [5.41, 5.74) is 8.93. The van der Waals surface area contributed by atoms with Gasteiger partial charge in [-0.1, -0.05) is 6.92 Å². The maximum absolute atomic E-state index is 15.3. The van der Waals surface area contributed by atoms with Gasteiger partial charge in [0.05, 0.1) is 46.6 Å². The summed E-state index contributed by atoms with van der Waals surface area (Å²) >= 11 is 0. The van der Waals surface area contributed by atoms with E-state index < -0.39 is 11.6 Å². The van der Waals surface area contributed by atoms with Gasteiger partial charge in [0.15, 0.2) is 0 Å². The van der Waals surface area contributed by atoms with Crippen molar-refractivity contribution >= 4 is 34.7 Å². The first-order valence-corrected chi connectivity index (χ1v) is 14.7.